The SMILES string of the molecule is Cc1ccccc1[C@H]1CCN(C[C@@H]2CCc3cccnc3[C@@H](O)C2)C[C@@H]1O. The lowest BCUT2D eigenvalue weighted by atomic mass is 9.84. The summed E-state index contributed by atoms with van der Waals surface area (Å²) < 4.78 is 0. The third kappa shape index (κ3) is 4.08. The molecule has 0 amide bonds. The molecule has 1 fully saturated rings. The van der Waals surface area contributed by atoms with Crippen molar-refractivity contribution in [2.45, 2.75) is 50.7 Å². The van der Waals surface area contributed by atoms with Crippen LogP contribution in [0.1, 0.15) is 53.7 Å². The lowest BCUT2D eigenvalue weighted by Crippen LogP contribution is -2.44. The van der Waals surface area contributed by atoms with Gasteiger partial charge in [-0.2, -0.15) is 0 Å². The summed E-state index contributed by atoms with van der Waals surface area (Å²) in [7, 11) is 0. The minimum absolute atomic E-state index is 0.232. The Balaban J connectivity index is 1.37. The van der Waals surface area contributed by atoms with Gasteiger partial charge in [-0.25, -0.2) is 0 Å². The van der Waals surface area contributed by atoms with Gasteiger partial charge in [0.15, 0.2) is 0 Å². The minimum Gasteiger partial charge on any atom is -0.391 e. The van der Waals surface area contributed by atoms with Gasteiger partial charge in [0.1, 0.15) is 0 Å². The number of nitrogens with zero attached hydrogens (tertiary/aromatic N) is 2. The summed E-state index contributed by atoms with van der Waals surface area (Å²) >= 11 is 0. The Labute approximate surface area is 161 Å². The zero-order chi connectivity index (χ0) is 18.8. The van der Waals surface area contributed by atoms with Gasteiger partial charge in [0.05, 0.1) is 17.9 Å². The van der Waals surface area contributed by atoms with Gasteiger partial charge in [-0.05, 0) is 67.8 Å². The average molecular weight is 367 g/mol. The van der Waals surface area contributed by atoms with Gasteiger partial charge in [-0.3, -0.25) is 4.98 Å². The normalized spacial score (nSPS) is 29.1. The number of benzene rings is 1. The van der Waals surface area contributed by atoms with Crippen molar-refractivity contribution in [3.05, 3.63) is 65.0 Å². The number of pyridine rings is 1. The molecule has 0 saturated carbocycles. The van der Waals surface area contributed by atoms with Crippen LogP contribution in [0.5, 0.6) is 0 Å². The second kappa shape index (κ2) is 8.09. The first-order valence-electron chi connectivity index (χ1n) is 10.2. The summed E-state index contributed by atoms with van der Waals surface area (Å²) in [6.07, 6.45) is 4.78. The molecule has 1 saturated heterocycles. The highest BCUT2D eigenvalue weighted by Crippen LogP contribution is 2.34. The van der Waals surface area contributed by atoms with Crippen LogP contribution >= 0.6 is 0 Å². The van der Waals surface area contributed by atoms with Gasteiger partial charge in [-0.15, -0.1) is 0 Å². The monoisotopic (exact) mass is 366 g/mol. The van der Waals surface area contributed by atoms with Crippen molar-refractivity contribution >= 4 is 0 Å². The Morgan fingerprint density at radius 2 is 1.96 bits per heavy atom. The topological polar surface area (TPSA) is 56.6 Å². The fraction of sp³-hybridized carbons (Fsp3) is 0.522. The van der Waals surface area contributed by atoms with Crippen molar-refractivity contribution < 1.29 is 10.2 Å². The second-order valence-electron chi connectivity index (χ2n) is 8.28. The molecule has 1 aromatic heterocycles. The molecule has 144 valence electrons. The van der Waals surface area contributed by atoms with Crippen LogP contribution < -0.4 is 0 Å². The summed E-state index contributed by atoms with van der Waals surface area (Å²) in [4.78, 5) is 6.79. The molecular formula is C23H30N2O2. The predicted octanol–water partition coefficient (Wildman–Crippen LogP) is 3.23. The van der Waals surface area contributed by atoms with Crippen molar-refractivity contribution in [2.75, 3.05) is 19.6 Å². The summed E-state index contributed by atoms with van der Waals surface area (Å²) in [6, 6.07) is 12.5. The number of aryl methyl sites for hydroxylation is 2. The molecule has 2 aromatic rings. The summed E-state index contributed by atoms with van der Waals surface area (Å²) in [5.74, 6) is 0.673. The summed E-state index contributed by atoms with van der Waals surface area (Å²) in [6.45, 7) is 4.81. The fourth-order valence-corrected chi connectivity index (χ4v) is 4.93. The quantitative estimate of drug-likeness (QED) is 0.819. The van der Waals surface area contributed by atoms with E-state index in [4.69, 9.17) is 0 Å². The number of likely N-dealkylation sites (tertiary alicyclic amines) is 1. The number of aromatic nitrogens is 1. The lowest BCUT2D eigenvalue weighted by Gasteiger charge is -2.38. The largest absolute Gasteiger partial charge is 0.391 e. The molecule has 2 N–H and O–H groups in total. The van der Waals surface area contributed by atoms with Crippen LogP contribution in [-0.2, 0) is 6.42 Å². The van der Waals surface area contributed by atoms with E-state index >= 15 is 0 Å². The van der Waals surface area contributed by atoms with E-state index in [1.165, 1.54) is 16.7 Å². The first-order valence-corrected chi connectivity index (χ1v) is 10.2. The smallest absolute Gasteiger partial charge is 0.0965 e. The molecule has 1 aliphatic heterocycles. The number of aliphatic hydroxyl groups excluding tert-OH is 2. The lowest BCUT2D eigenvalue weighted by molar-refractivity contribution is 0.0372. The Morgan fingerprint density at radius 3 is 2.78 bits per heavy atom. The maximum Gasteiger partial charge on any atom is 0.0965 e. The third-order valence-electron chi connectivity index (χ3n) is 6.39. The Kier molecular flexibility index (Phi) is 5.58. The Morgan fingerprint density at radius 1 is 1.11 bits per heavy atom. The van der Waals surface area contributed by atoms with E-state index in [1.54, 1.807) is 6.20 Å². The van der Waals surface area contributed by atoms with Crippen molar-refractivity contribution in [2.24, 2.45) is 5.92 Å². The molecule has 4 nitrogen and oxygen atoms in total. The van der Waals surface area contributed by atoms with E-state index in [0.29, 0.717) is 5.92 Å². The molecule has 2 aliphatic rings. The highest BCUT2D eigenvalue weighted by atomic mass is 16.3. The highest BCUT2D eigenvalue weighted by Gasteiger charge is 2.32. The summed E-state index contributed by atoms with van der Waals surface area (Å²) in [5.41, 5.74) is 4.60. The van der Waals surface area contributed by atoms with E-state index in [9.17, 15) is 10.2 Å². The van der Waals surface area contributed by atoms with Crippen molar-refractivity contribution in [3.8, 4) is 0 Å². The van der Waals surface area contributed by atoms with Gasteiger partial charge in [0.25, 0.3) is 0 Å². The Bertz CT molecular complexity index is 778. The maximum absolute atomic E-state index is 10.8. The van der Waals surface area contributed by atoms with Crippen LogP contribution in [-0.4, -0.2) is 45.8 Å². The summed E-state index contributed by atoms with van der Waals surface area (Å²) in [5, 5.41) is 21.4. The van der Waals surface area contributed by atoms with E-state index in [-0.39, 0.29) is 12.0 Å². The molecule has 0 unspecified atom stereocenters. The molecule has 1 aromatic carbocycles. The van der Waals surface area contributed by atoms with E-state index in [2.05, 4.69) is 47.1 Å². The van der Waals surface area contributed by atoms with Crippen LogP contribution in [0.2, 0.25) is 0 Å². The van der Waals surface area contributed by atoms with E-state index in [0.717, 1.165) is 51.0 Å². The number of β-amino-alcohol motifs (C(OH)–C–C–N with tert-alkyl or cyclic N) is 1. The fourth-order valence-electron chi connectivity index (χ4n) is 4.93. The number of rotatable bonds is 3. The molecule has 2 heterocycles. The van der Waals surface area contributed by atoms with Gasteiger partial charge >= 0.3 is 0 Å². The van der Waals surface area contributed by atoms with E-state index in [1.807, 2.05) is 6.07 Å². The third-order valence-corrected chi connectivity index (χ3v) is 6.39. The van der Waals surface area contributed by atoms with Crippen LogP contribution in [0, 0.1) is 12.8 Å². The minimum atomic E-state index is -0.469. The number of hydrogen-bond acceptors (Lipinski definition) is 4. The molecule has 4 heteroatoms. The second-order valence-corrected chi connectivity index (χ2v) is 8.28. The number of aliphatic hydroxyl groups is 2. The molecule has 0 radical (unpaired) electrons. The standard InChI is InChI=1S/C23H30N2O2/c1-16-5-2-3-7-19(16)20-10-12-25(15-22(20)27)14-17-8-9-18-6-4-11-24-23(18)21(26)13-17/h2-7,11,17,20-22,26-27H,8-10,12-15H2,1H3/t17-,20-,21+,22+/m1/s1. The molecular weight excluding hydrogens is 336 g/mol. The zero-order valence-electron chi connectivity index (χ0n) is 16.1. The van der Waals surface area contributed by atoms with Crippen molar-refractivity contribution in [1.29, 1.82) is 0 Å². The van der Waals surface area contributed by atoms with Gasteiger partial charge in [0, 0.05) is 25.2 Å². The molecule has 27 heavy (non-hydrogen) atoms. The van der Waals surface area contributed by atoms with Crippen LogP contribution in [0.4, 0.5) is 0 Å². The highest BCUT2D eigenvalue weighted by molar-refractivity contribution is 5.30. The van der Waals surface area contributed by atoms with Gasteiger partial charge in [0.2, 0.25) is 0 Å². The molecule has 4 rings (SSSR count). The maximum atomic E-state index is 10.8. The van der Waals surface area contributed by atoms with Crippen LogP contribution in [0.3, 0.4) is 0 Å². The Hall–Kier alpha value is -1.75. The van der Waals surface area contributed by atoms with Crippen molar-refractivity contribution in [3.63, 3.8) is 0 Å². The van der Waals surface area contributed by atoms with Crippen molar-refractivity contribution in [1.82, 2.24) is 9.88 Å². The molecule has 4 atom stereocenters. The first kappa shape index (κ1) is 18.6. The van der Waals surface area contributed by atoms with E-state index < -0.39 is 6.10 Å². The number of piperidine rings is 1. The van der Waals surface area contributed by atoms with Gasteiger partial charge < -0.3 is 15.1 Å². The molecule has 1 aliphatic carbocycles. The van der Waals surface area contributed by atoms with Crippen LogP contribution in [0.15, 0.2) is 42.6 Å². The molecule has 0 spiro atoms. The average Bonchev–Trinajstić information content (AvgIpc) is 2.82. The number of fused-ring (bicyclic) bond motifs is 1. The number of hydrogen-bond donors (Lipinski definition) is 2. The molecule has 0 bridgehead atoms. The van der Waals surface area contributed by atoms with Gasteiger partial charge in [-0.1, -0.05) is 30.3 Å². The predicted molar refractivity (Wildman–Crippen MR) is 107 cm³/mol. The van der Waals surface area contributed by atoms with Crippen LogP contribution in [0.25, 0.3) is 0 Å². The first-order chi connectivity index (χ1) is 13.1. The zero-order valence-corrected chi connectivity index (χ0v) is 16.1.